The Kier molecular flexibility index (Phi) is 3.16. The highest BCUT2D eigenvalue weighted by molar-refractivity contribution is 7.98. The molecule has 0 unspecified atom stereocenters. The highest BCUT2D eigenvalue weighted by Gasteiger charge is 1.95. The van der Waals surface area contributed by atoms with Gasteiger partial charge in [-0.05, 0) is 17.9 Å². The van der Waals surface area contributed by atoms with Gasteiger partial charge in [0.05, 0.1) is 0 Å². The first-order chi connectivity index (χ1) is 4.88. The lowest BCUT2D eigenvalue weighted by Crippen LogP contribution is -1.80. The van der Waals surface area contributed by atoms with Gasteiger partial charge in [0.15, 0.2) is 0 Å². The molecule has 0 aromatic heterocycles. The van der Waals surface area contributed by atoms with Gasteiger partial charge in [0.25, 0.3) is 0 Å². The summed E-state index contributed by atoms with van der Waals surface area (Å²) in [6.07, 6.45) is 2.07. The molecule has 1 radical (unpaired) electrons. The highest BCUT2D eigenvalue weighted by atomic mass is 32.2. The van der Waals surface area contributed by atoms with E-state index in [9.17, 15) is 0 Å². The van der Waals surface area contributed by atoms with Crippen molar-refractivity contribution >= 4 is 24.4 Å². The third-order valence-corrected chi connectivity index (χ3v) is 2.50. The van der Waals surface area contributed by atoms with E-state index in [-0.39, 0.29) is 0 Å². The van der Waals surface area contributed by atoms with Gasteiger partial charge >= 0.3 is 0 Å². The van der Waals surface area contributed by atoms with Crippen molar-refractivity contribution < 1.29 is 0 Å². The van der Waals surface area contributed by atoms with Crippen molar-refractivity contribution in [1.82, 2.24) is 0 Å². The summed E-state index contributed by atoms with van der Waals surface area (Å²) in [5.41, 5.74) is 1.27. The van der Waals surface area contributed by atoms with Gasteiger partial charge in [0.1, 0.15) is 0 Å². The Morgan fingerprint density at radius 1 is 1.40 bits per heavy atom. The molecule has 0 N–H and O–H groups in total. The van der Waals surface area contributed by atoms with Crippen LogP contribution in [0.2, 0.25) is 0 Å². The van der Waals surface area contributed by atoms with Crippen LogP contribution in [0.5, 0.6) is 0 Å². The van der Waals surface area contributed by atoms with Crippen molar-refractivity contribution in [3.63, 3.8) is 0 Å². The molecular weight excluding hydrogens is 160 g/mol. The van der Waals surface area contributed by atoms with E-state index in [1.807, 2.05) is 12.1 Å². The predicted molar refractivity (Wildman–Crippen MR) is 49.5 cm³/mol. The van der Waals surface area contributed by atoms with Crippen molar-refractivity contribution in [1.29, 1.82) is 0 Å². The summed E-state index contributed by atoms with van der Waals surface area (Å²) in [6, 6.07) is 8.26. The van der Waals surface area contributed by atoms with E-state index in [4.69, 9.17) is 12.6 Å². The molecular formula is C8H9S2. The van der Waals surface area contributed by atoms with Crippen LogP contribution in [-0.2, 0) is 5.75 Å². The van der Waals surface area contributed by atoms with Crippen molar-refractivity contribution in [2.75, 3.05) is 6.26 Å². The minimum absolute atomic E-state index is 0.719. The van der Waals surface area contributed by atoms with Crippen LogP contribution in [-0.4, -0.2) is 6.26 Å². The summed E-state index contributed by atoms with van der Waals surface area (Å²) in [5.74, 6) is 0.719. The normalized spacial score (nSPS) is 9.80. The number of hydrogen-bond donors (Lipinski definition) is 0. The zero-order valence-electron chi connectivity index (χ0n) is 5.83. The molecule has 0 spiro atoms. The van der Waals surface area contributed by atoms with Crippen molar-refractivity contribution in [2.45, 2.75) is 10.6 Å². The monoisotopic (exact) mass is 169 g/mol. The molecule has 2 heteroatoms. The molecule has 0 heterocycles. The van der Waals surface area contributed by atoms with Gasteiger partial charge in [-0.15, -0.1) is 11.8 Å². The number of thioether (sulfide) groups is 1. The van der Waals surface area contributed by atoms with E-state index >= 15 is 0 Å². The average molecular weight is 169 g/mol. The standard InChI is InChI=1S/C8H9S2/c1-10-8-5-3-2-4-7(8)6-9/h2-5H,6H2,1H3. The van der Waals surface area contributed by atoms with Crippen LogP contribution < -0.4 is 0 Å². The summed E-state index contributed by atoms with van der Waals surface area (Å²) in [7, 11) is 0. The van der Waals surface area contributed by atoms with Gasteiger partial charge in [-0.3, -0.25) is 0 Å². The molecule has 0 fully saturated rings. The first kappa shape index (κ1) is 8.02. The van der Waals surface area contributed by atoms with Crippen molar-refractivity contribution in [3.8, 4) is 0 Å². The Labute approximate surface area is 71.4 Å². The Hall–Kier alpha value is -0.0800. The maximum Gasteiger partial charge on any atom is 0.0299 e. The first-order valence-corrected chi connectivity index (χ1v) is 4.88. The molecule has 1 aromatic carbocycles. The lowest BCUT2D eigenvalue weighted by Gasteiger charge is -2.00. The smallest absolute Gasteiger partial charge is 0.0299 e. The zero-order chi connectivity index (χ0) is 7.40. The number of hydrogen-bond acceptors (Lipinski definition) is 1. The number of benzene rings is 1. The molecule has 0 aliphatic carbocycles. The summed E-state index contributed by atoms with van der Waals surface area (Å²) in [4.78, 5) is 1.30. The van der Waals surface area contributed by atoms with Gasteiger partial charge in [0.2, 0.25) is 0 Å². The van der Waals surface area contributed by atoms with E-state index in [2.05, 4.69) is 18.4 Å². The summed E-state index contributed by atoms with van der Waals surface area (Å²) >= 11 is 6.71. The van der Waals surface area contributed by atoms with E-state index < -0.39 is 0 Å². The van der Waals surface area contributed by atoms with Gasteiger partial charge in [0, 0.05) is 10.6 Å². The third kappa shape index (κ3) is 1.70. The van der Waals surface area contributed by atoms with Crippen molar-refractivity contribution in [3.05, 3.63) is 29.8 Å². The average Bonchev–Trinajstić information content (AvgIpc) is 2.04. The van der Waals surface area contributed by atoms with Gasteiger partial charge in [-0.1, -0.05) is 30.8 Å². The van der Waals surface area contributed by atoms with Crippen LogP contribution in [0.3, 0.4) is 0 Å². The van der Waals surface area contributed by atoms with Crippen LogP contribution in [0.25, 0.3) is 0 Å². The summed E-state index contributed by atoms with van der Waals surface area (Å²) in [5, 5.41) is 0. The molecule has 0 atom stereocenters. The predicted octanol–water partition coefficient (Wildman–Crippen LogP) is 3.11. The Bertz CT molecular complexity index is 185. The van der Waals surface area contributed by atoms with Crippen LogP contribution in [0.4, 0.5) is 0 Å². The summed E-state index contributed by atoms with van der Waals surface area (Å²) < 4.78 is 0. The number of rotatable bonds is 2. The van der Waals surface area contributed by atoms with Gasteiger partial charge in [-0.2, -0.15) is 0 Å². The fourth-order valence-electron chi connectivity index (χ4n) is 0.822. The molecule has 1 rings (SSSR count). The molecule has 10 heavy (non-hydrogen) atoms. The second kappa shape index (κ2) is 3.94. The lowest BCUT2D eigenvalue weighted by atomic mass is 10.2. The van der Waals surface area contributed by atoms with E-state index in [1.165, 1.54) is 10.5 Å². The van der Waals surface area contributed by atoms with Gasteiger partial charge < -0.3 is 0 Å². The first-order valence-electron chi connectivity index (χ1n) is 3.08. The minimum Gasteiger partial charge on any atom is -0.129 e. The molecule has 0 aliphatic heterocycles. The second-order valence-electron chi connectivity index (χ2n) is 1.96. The molecule has 53 valence electrons. The summed E-state index contributed by atoms with van der Waals surface area (Å²) in [6.45, 7) is 0. The maximum absolute atomic E-state index is 4.96. The molecule has 0 saturated heterocycles. The largest absolute Gasteiger partial charge is 0.129 e. The van der Waals surface area contributed by atoms with Crippen LogP contribution in [0.15, 0.2) is 29.2 Å². The third-order valence-electron chi connectivity index (χ3n) is 1.35. The second-order valence-corrected chi connectivity index (χ2v) is 3.09. The molecule has 0 nitrogen and oxygen atoms in total. The van der Waals surface area contributed by atoms with E-state index in [1.54, 1.807) is 11.8 Å². The lowest BCUT2D eigenvalue weighted by molar-refractivity contribution is 1.28. The Morgan fingerprint density at radius 3 is 2.60 bits per heavy atom. The van der Waals surface area contributed by atoms with Crippen LogP contribution in [0, 0.1) is 0 Å². The molecule has 0 aliphatic rings. The molecule has 0 saturated carbocycles. The maximum atomic E-state index is 4.96. The van der Waals surface area contributed by atoms with E-state index in [0.717, 1.165) is 5.75 Å². The Morgan fingerprint density at radius 2 is 2.10 bits per heavy atom. The SMILES string of the molecule is CSc1ccccc1C[S]. The van der Waals surface area contributed by atoms with E-state index in [0.29, 0.717) is 0 Å². The van der Waals surface area contributed by atoms with Crippen LogP contribution >= 0.6 is 24.4 Å². The fourth-order valence-corrected chi connectivity index (χ4v) is 1.78. The van der Waals surface area contributed by atoms with Crippen LogP contribution in [0.1, 0.15) is 5.56 Å². The molecule has 0 bridgehead atoms. The molecule has 1 aromatic rings. The topological polar surface area (TPSA) is 0 Å². The minimum atomic E-state index is 0.719. The zero-order valence-corrected chi connectivity index (χ0v) is 7.47. The molecule has 0 amide bonds. The van der Waals surface area contributed by atoms with Crippen molar-refractivity contribution in [2.24, 2.45) is 0 Å². The Balaban J connectivity index is 2.96. The quantitative estimate of drug-likeness (QED) is 0.613. The highest BCUT2D eigenvalue weighted by Crippen LogP contribution is 2.20. The fraction of sp³-hybridized carbons (Fsp3) is 0.250. The van der Waals surface area contributed by atoms with Gasteiger partial charge in [-0.25, -0.2) is 0 Å².